The Morgan fingerprint density at radius 1 is 0.650 bits per heavy atom. The van der Waals surface area contributed by atoms with Crippen LogP contribution in [0.2, 0.25) is 0 Å². The molecule has 0 bridgehead atoms. The molecule has 40 heavy (non-hydrogen) atoms. The zero-order valence-corrected chi connectivity index (χ0v) is 23.9. The number of rotatable bonds is 5. The van der Waals surface area contributed by atoms with Crippen LogP contribution in [0.3, 0.4) is 0 Å². The van der Waals surface area contributed by atoms with Gasteiger partial charge in [-0.25, -0.2) is 9.97 Å². The lowest BCUT2D eigenvalue weighted by Crippen LogP contribution is -2.55. The lowest BCUT2D eigenvalue weighted by molar-refractivity contribution is 0.00610. The third-order valence-corrected chi connectivity index (χ3v) is 10.6. The highest BCUT2D eigenvalue weighted by Crippen LogP contribution is 2.69. The van der Waals surface area contributed by atoms with Gasteiger partial charge in [-0.05, 0) is 58.0 Å². The van der Waals surface area contributed by atoms with Crippen molar-refractivity contribution in [2.45, 2.75) is 38.5 Å². The highest BCUT2D eigenvalue weighted by Gasteiger charge is 2.59. The highest BCUT2D eigenvalue weighted by molar-refractivity contribution is 7.51. The Morgan fingerprint density at radius 3 is 1.82 bits per heavy atom. The fourth-order valence-electron chi connectivity index (χ4n) is 5.11. The Labute approximate surface area is 235 Å². The van der Waals surface area contributed by atoms with E-state index in [2.05, 4.69) is 99.0 Å². The summed E-state index contributed by atoms with van der Waals surface area (Å²) in [5.74, 6) is 1.45. The van der Waals surface area contributed by atoms with Crippen molar-refractivity contribution in [3.63, 3.8) is 0 Å². The Kier molecular flexibility index (Phi) is 5.78. The molecule has 1 atom stereocenters. The topological polar surface area (TPSA) is 49.2 Å². The van der Waals surface area contributed by atoms with Gasteiger partial charge in [0.2, 0.25) is 14.3 Å². The van der Waals surface area contributed by atoms with E-state index in [9.17, 15) is 0 Å². The Morgan fingerprint density at radius 2 is 1.23 bits per heavy atom. The molecule has 3 heterocycles. The molecule has 1 fully saturated rings. The summed E-state index contributed by atoms with van der Waals surface area (Å²) < 4.78 is 14.7. The van der Waals surface area contributed by atoms with Crippen molar-refractivity contribution in [3.8, 4) is 34.2 Å². The smallest absolute Gasteiger partial charge is 0.239 e. The molecule has 0 spiro atoms. The molecule has 0 aliphatic carbocycles. The van der Waals surface area contributed by atoms with Crippen LogP contribution in [0.15, 0.2) is 109 Å². The second-order valence-electron chi connectivity index (χ2n) is 11.2. The summed E-state index contributed by atoms with van der Waals surface area (Å²) in [6.45, 7) is 8.68. The average Bonchev–Trinajstić information content (AvgIpc) is 3.31. The predicted octanol–water partition coefficient (Wildman–Crippen LogP) is 9.19. The van der Waals surface area contributed by atoms with E-state index in [1.165, 1.54) is 0 Å². The second kappa shape index (κ2) is 9.26. The van der Waals surface area contributed by atoms with E-state index in [1.807, 2.05) is 42.5 Å². The van der Waals surface area contributed by atoms with E-state index < -0.39 is 8.38 Å². The molecule has 0 radical (unpaired) electrons. The molecular formula is C34H30N3O2P. The minimum Gasteiger partial charge on any atom is -0.447 e. The first-order valence-corrected chi connectivity index (χ1v) is 14.7. The van der Waals surface area contributed by atoms with Gasteiger partial charge in [-0.3, -0.25) is 4.57 Å². The van der Waals surface area contributed by atoms with Crippen LogP contribution in [0.4, 0.5) is 0 Å². The van der Waals surface area contributed by atoms with E-state index in [1.54, 1.807) is 0 Å². The third-order valence-electron chi connectivity index (χ3n) is 8.13. The maximum Gasteiger partial charge on any atom is 0.239 e. The van der Waals surface area contributed by atoms with Crippen LogP contribution < -0.4 is 4.52 Å². The average molecular weight is 544 g/mol. The molecule has 0 N–H and O–H groups in total. The molecule has 1 aliphatic heterocycles. The quantitative estimate of drug-likeness (QED) is 0.203. The van der Waals surface area contributed by atoms with Gasteiger partial charge in [0.05, 0.1) is 33.2 Å². The standard InChI is InChI=1S/C34H30N3O2P/c1-33(2)34(3,4)40(39-33)38-25-19-20-31-27(21-25)26-17-11-12-18-30(26)37(31)32-35-28(23-13-7-5-8-14-23)22-29(36-32)24-15-9-6-10-16-24/h5-22H,1-4H3. The minimum atomic E-state index is -1.03. The zero-order valence-electron chi connectivity index (χ0n) is 23.0. The third kappa shape index (κ3) is 4.00. The van der Waals surface area contributed by atoms with Crippen molar-refractivity contribution < 1.29 is 9.05 Å². The van der Waals surface area contributed by atoms with Gasteiger partial charge in [0.25, 0.3) is 0 Å². The van der Waals surface area contributed by atoms with Crippen LogP contribution in [0, 0.1) is 0 Å². The van der Waals surface area contributed by atoms with Crippen molar-refractivity contribution in [1.82, 2.24) is 14.5 Å². The molecule has 5 nitrogen and oxygen atoms in total. The molecule has 1 unspecified atom stereocenters. The Bertz CT molecular complexity index is 1810. The normalized spacial score (nSPS) is 17.6. The molecule has 6 aromatic rings. The highest BCUT2D eigenvalue weighted by atomic mass is 31.2. The molecule has 6 heteroatoms. The largest absolute Gasteiger partial charge is 0.447 e. The minimum absolute atomic E-state index is 0.0369. The summed E-state index contributed by atoms with van der Waals surface area (Å²) in [5, 5.41) is 2.18. The number of fused-ring (bicyclic) bond motifs is 3. The van der Waals surface area contributed by atoms with Crippen molar-refractivity contribution in [2.75, 3.05) is 0 Å². The van der Waals surface area contributed by atoms with E-state index in [0.29, 0.717) is 5.95 Å². The number of para-hydroxylation sites is 1. The first kappa shape index (κ1) is 25.0. The maximum atomic E-state index is 6.43. The van der Waals surface area contributed by atoms with Gasteiger partial charge in [-0.1, -0.05) is 78.9 Å². The van der Waals surface area contributed by atoms with Crippen LogP contribution in [0.1, 0.15) is 27.7 Å². The van der Waals surface area contributed by atoms with E-state index >= 15 is 0 Å². The molecule has 0 amide bonds. The van der Waals surface area contributed by atoms with Crippen LogP contribution in [-0.2, 0) is 4.52 Å². The van der Waals surface area contributed by atoms with Gasteiger partial charge >= 0.3 is 0 Å². The summed E-state index contributed by atoms with van der Waals surface area (Å²) in [5.41, 5.74) is 5.73. The van der Waals surface area contributed by atoms with Crippen LogP contribution >= 0.6 is 8.38 Å². The number of benzene rings is 4. The van der Waals surface area contributed by atoms with E-state index in [0.717, 1.165) is 50.1 Å². The molecule has 1 saturated heterocycles. The maximum absolute atomic E-state index is 6.43. The number of hydrogen-bond acceptors (Lipinski definition) is 4. The summed E-state index contributed by atoms with van der Waals surface area (Å²) >= 11 is 0. The van der Waals surface area contributed by atoms with Crippen molar-refractivity contribution in [3.05, 3.63) is 109 Å². The first-order chi connectivity index (χ1) is 19.3. The lowest BCUT2D eigenvalue weighted by atomic mass is 9.93. The second-order valence-corrected chi connectivity index (χ2v) is 13.2. The monoisotopic (exact) mass is 543 g/mol. The lowest BCUT2D eigenvalue weighted by Gasteiger charge is -2.55. The van der Waals surface area contributed by atoms with E-state index in [-0.39, 0.29) is 10.8 Å². The van der Waals surface area contributed by atoms with Gasteiger partial charge in [0.1, 0.15) is 5.75 Å². The van der Waals surface area contributed by atoms with Gasteiger partial charge in [0.15, 0.2) is 0 Å². The summed E-state index contributed by atoms with van der Waals surface area (Å²) in [7, 11) is -1.03. The first-order valence-electron chi connectivity index (χ1n) is 13.5. The fourth-order valence-corrected chi connectivity index (χ4v) is 6.91. The fraction of sp³-hybridized carbons (Fsp3) is 0.176. The zero-order chi connectivity index (χ0) is 27.5. The Hall–Kier alpha value is -4.05. The van der Waals surface area contributed by atoms with Crippen LogP contribution in [0.25, 0.3) is 50.3 Å². The van der Waals surface area contributed by atoms with Crippen LogP contribution in [-0.4, -0.2) is 25.3 Å². The summed E-state index contributed by atoms with van der Waals surface area (Å²) in [4.78, 5) is 10.2. The number of nitrogens with zero attached hydrogens (tertiary/aromatic N) is 3. The van der Waals surface area contributed by atoms with Crippen LogP contribution in [0.5, 0.6) is 5.75 Å². The van der Waals surface area contributed by atoms with Gasteiger partial charge in [0, 0.05) is 21.9 Å². The van der Waals surface area contributed by atoms with Crippen molar-refractivity contribution >= 4 is 30.2 Å². The summed E-state index contributed by atoms with van der Waals surface area (Å²) in [6.07, 6.45) is 0. The number of aromatic nitrogens is 3. The molecule has 7 rings (SSSR count). The SMILES string of the molecule is CC1(C)OP(Oc2ccc3c(c2)c2ccccc2n3-c2nc(-c3ccccc3)cc(-c3ccccc3)n2)C1(C)C. The van der Waals surface area contributed by atoms with Gasteiger partial charge in [-0.2, -0.15) is 0 Å². The molecule has 4 aromatic carbocycles. The molecule has 1 aliphatic rings. The van der Waals surface area contributed by atoms with E-state index in [4.69, 9.17) is 19.0 Å². The molecule has 0 saturated carbocycles. The Balaban J connectivity index is 1.40. The molecular weight excluding hydrogens is 513 g/mol. The van der Waals surface area contributed by atoms with Crippen molar-refractivity contribution in [1.29, 1.82) is 0 Å². The molecule has 2 aromatic heterocycles. The van der Waals surface area contributed by atoms with Gasteiger partial charge < -0.3 is 9.05 Å². The van der Waals surface area contributed by atoms with Gasteiger partial charge in [-0.15, -0.1) is 0 Å². The summed E-state index contributed by atoms with van der Waals surface area (Å²) in [6, 6.07) is 37.3. The van der Waals surface area contributed by atoms with Crippen molar-refractivity contribution in [2.24, 2.45) is 0 Å². The predicted molar refractivity (Wildman–Crippen MR) is 164 cm³/mol. The number of hydrogen-bond donors (Lipinski definition) is 0. The molecule has 198 valence electrons.